The number of para-hydroxylation sites is 2. The van der Waals surface area contributed by atoms with Gasteiger partial charge >= 0.3 is 0 Å². The summed E-state index contributed by atoms with van der Waals surface area (Å²) in [6, 6.07) is 15.2. The zero-order chi connectivity index (χ0) is 17.1. The van der Waals surface area contributed by atoms with Crippen LogP contribution in [0.2, 0.25) is 0 Å². The monoisotopic (exact) mass is 341 g/mol. The Morgan fingerprint density at radius 3 is 2.46 bits per heavy atom. The average Bonchev–Trinajstić information content (AvgIpc) is 2.60. The Balaban J connectivity index is 1.93. The van der Waals surface area contributed by atoms with Gasteiger partial charge in [-0.3, -0.25) is 9.59 Å². The molecule has 0 fully saturated rings. The van der Waals surface area contributed by atoms with Crippen molar-refractivity contribution in [3.05, 3.63) is 54.1 Å². The molecular weight excluding hydrogens is 322 g/mol. The Bertz CT molecular complexity index is 778. The van der Waals surface area contributed by atoms with Crippen LogP contribution in [0.15, 0.2) is 53.4 Å². The van der Waals surface area contributed by atoms with Gasteiger partial charge in [0.05, 0.1) is 22.7 Å². The summed E-state index contributed by atoms with van der Waals surface area (Å²) < 4.78 is 0. The van der Waals surface area contributed by atoms with Gasteiger partial charge < -0.3 is 15.5 Å². The van der Waals surface area contributed by atoms with E-state index in [2.05, 4.69) is 4.90 Å². The molecular formula is C18H19N3O2S. The van der Waals surface area contributed by atoms with E-state index in [-0.39, 0.29) is 11.7 Å². The number of benzene rings is 2. The highest BCUT2D eigenvalue weighted by atomic mass is 32.2. The molecule has 3 rings (SSSR count). The molecule has 5 nitrogen and oxygen atoms in total. The normalized spacial score (nSPS) is 13.5. The second-order valence-electron chi connectivity index (χ2n) is 5.62. The minimum Gasteiger partial charge on any atom is -0.371 e. The van der Waals surface area contributed by atoms with Crippen LogP contribution in [0, 0.1) is 0 Å². The lowest BCUT2D eigenvalue weighted by Crippen LogP contribution is -2.42. The first-order valence-electron chi connectivity index (χ1n) is 7.70. The van der Waals surface area contributed by atoms with Gasteiger partial charge in [0.2, 0.25) is 5.91 Å². The van der Waals surface area contributed by atoms with E-state index >= 15 is 0 Å². The summed E-state index contributed by atoms with van der Waals surface area (Å²) in [5.74, 6) is -0.292. The van der Waals surface area contributed by atoms with E-state index in [0.29, 0.717) is 12.1 Å². The minimum absolute atomic E-state index is 0.0527. The molecule has 124 valence electrons. The highest BCUT2D eigenvalue weighted by Gasteiger charge is 2.27. The topological polar surface area (TPSA) is 66.6 Å². The predicted octanol–water partition coefficient (Wildman–Crippen LogP) is 2.36. The minimum atomic E-state index is -0.396. The molecule has 0 spiro atoms. The van der Waals surface area contributed by atoms with Crippen LogP contribution in [0.25, 0.3) is 0 Å². The van der Waals surface area contributed by atoms with Crippen LogP contribution in [-0.2, 0) is 4.79 Å². The summed E-state index contributed by atoms with van der Waals surface area (Å²) in [4.78, 5) is 28.9. The van der Waals surface area contributed by atoms with Crippen molar-refractivity contribution in [2.24, 2.45) is 5.73 Å². The summed E-state index contributed by atoms with van der Waals surface area (Å²) in [6.45, 7) is 1.40. The number of nitrogens with two attached hydrogens (primary N) is 1. The van der Waals surface area contributed by atoms with Crippen LogP contribution in [0.4, 0.5) is 11.4 Å². The molecule has 24 heavy (non-hydrogen) atoms. The van der Waals surface area contributed by atoms with Crippen molar-refractivity contribution in [1.29, 1.82) is 0 Å². The molecule has 1 aliphatic heterocycles. The van der Waals surface area contributed by atoms with E-state index in [1.807, 2.05) is 49.5 Å². The van der Waals surface area contributed by atoms with Crippen LogP contribution in [-0.4, -0.2) is 37.7 Å². The Kier molecular flexibility index (Phi) is 4.76. The van der Waals surface area contributed by atoms with Gasteiger partial charge in [0, 0.05) is 25.0 Å². The fraction of sp³-hybridized carbons (Fsp3) is 0.222. The van der Waals surface area contributed by atoms with Crippen LogP contribution in [0.5, 0.6) is 0 Å². The maximum atomic E-state index is 13.1. The van der Waals surface area contributed by atoms with E-state index < -0.39 is 5.91 Å². The quantitative estimate of drug-likeness (QED) is 0.867. The van der Waals surface area contributed by atoms with Gasteiger partial charge in [-0.25, -0.2) is 0 Å². The number of anilines is 2. The lowest BCUT2D eigenvalue weighted by molar-refractivity contribution is -0.115. The van der Waals surface area contributed by atoms with Gasteiger partial charge in [-0.1, -0.05) is 24.3 Å². The standard InChI is InChI=1S/C18H19N3O2S/c1-20-10-11-21(15-8-4-3-7-14(15)20)18(23)13-6-2-5-9-16(13)24-12-17(19)22/h2-9H,10-12H2,1H3,(H2,19,22). The van der Waals surface area contributed by atoms with Crippen molar-refractivity contribution < 1.29 is 9.59 Å². The highest BCUT2D eigenvalue weighted by Crippen LogP contribution is 2.34. The van der Waals surface area contributed by atoms with Crippen molar-refractivity contribution in [2.45, 2.75) is 4.90 Å². The van der Waals surface area contributed by atoms with E-state index in [1.54, 1.807) is 11.0 Å². The van der Waals surface area contributed by atoms with Crippen LogP contribution in [0.1, 0.15) is 10.4 Å². The lowest BCUT2D eigenvalue weighted by Gasteiger charge is -2.35. The van der Waals surface area contributed by atoms with E-state index in [4.69, 9.17) is 5.73 Å². The largest absolute Gasteiger partial charge is 0.371 e. The van der Waals surface area contributed by atoms with E-state index in [0.717, 1.165) is 22.8 Å². The molecule has 2 N–H and O–H groups in total. The molecule has 0 bridgehead atoms. The third-order valence-electron chi connectivity index (χ3n) is 3.98. The smallest absolute Gasteiger partial charge is 0.259 e. The van der Waals surface area contributed by atoms with Crippen molar-refractivity contribution in [3.63, 3.8) is 0 Å². The highest BCUT2D eigenvalue weighted by molar-refractivity contribution is 8.00. The number of fused-ring (bicyclic) bond motifs is 1. The summed E-state index contributed by atoms with van der Waals surface area (Å²) in [5, 5.41) is 0. The fourth-order valence-corrected chi connectivity index (χ4v) is 3.56. The number of amides is 2. The predicted molar refractivity (Wildman–Crippen MR) is 97.7 cm³/mol. The lowest BCUT2D eigenvalue weighted by atomic mass is 10.1. The van der Waals surface area contributed by atoms with E-state index in [9.17, 15) is 9.59 Å². The Labute approximate surface area is 145 Å². The van der Waals surface area contributed by atoms with Crippen LogP contribution >= 0.6 is 11.8 Å². The first kappa shape index (κ1) is 16.4. The molecule has 1 heterocycles. The van der Waals surface area contributed by atoms with E-state index in [1.165, 1.54) is 11.8 Å². The Morgan fingerprint density at radius 2 is 1.71 bits per heavy atom. The molecule has 0 radical (unpaired) electrons. The average molecular weight is 341 g/mol. The molecule has 0 saturated carbocycles. The summed E-state index contributed by atoms with van der Waals surface area (Å²) in [7, 11) is 2.03. The molecule has 2 aromatic carbocycles. The SMILES string of the molecule is CN1CCN(C(=O)c2ccccc2SCC(N)=O)c2ccccc21. The number of rotatable bonds is 4. The van der Waals surface area contributed by atoms with Gasteiger partial charge in [-0.05, 0) is 24.3 Å². The Hall–Kier alpha value is -2.47. The summed E-state index contributed by atoms with van der Waals surface area (Å²) >= 11 is 1.30. The zero-order valence-corrected chi connectivity index (χ0v) is 14.3. The van der Waals surface area contributed by atoms with Gasteiger partial charge in [0.1, 0.15) is 0 Å². The third kappa shape index (κ3) is 3.23. The molecule has 2 aromatic rings. The van der Waals surface area contributed by atoms with Gasteiger partial charge in [-0.2, -0.15) is 0 Å². The van der Waals surface area contributed by atoms with Crippen LogP contribution in [0.3, 0.4) is 0 Å². The van der Waals surface area contributed by atoms with Gasteiger partial charge in [0.25, 0.3) is 5.91 Å². The molecule has 0 aromatic heterocycles. The first-order chi connectivity index (χ1) is 11.6. The maximum Gasteiger partial charge on any atom is 0.259 e. The van der Waals surface area contributed by atoms with Crippen molar-refractivity contribution in [3.8, 4) is 0 Å². The van der Waals surface area contributed by atoms with Crippen molar-refractivity contribution in [1.82, 2.24) is 0 Å². The first-order valence-corrected chi connectivity index (χ1v) is 8.68. The number of carbonyl (C=O) groups excluding carboxylic acids is 2. The molecule has 2 amide bonds. The van der Waals surface area contributed by atoms with Crippen molar-refractivity contribution >= 4 is 35.0 Å². The number of hydrogen-bond donors (Lipinski definition) is 1. The second kappa shape index (κ2) is 6.97. The molecule has 0 atom stereocenters. The number of likely N-dealkylation sites (N-methyl/N-ethyl adjacent to an activating group) is 1. The molecule has 0 saturated heterocycles. The van der Waals surface area contributed by atoms with Gasteiger partial charge in [0.15, 0.2) is 0 Å². The molecule has 1 aliphatic rings. The maximum absolute atomic E-state index is 13.1. The summed E-state index contributed by atoms with van der Waals surface area (Å²) in [6.07, 6.45) is 0. The molecule has 0 aliphatic carbocycles. The summed E-state index contributed by atoms with van der Waals surface area (Å²) in [5.41, 5.74) is 7.78. The fourth-order valence-electron chi connectivity index (χ4n) is 2.78. The number of carbonyl (C=O) groups is 2. The second-order valence-corrected chi connectivity index (χ2v) is 6.64. The number of primary amides is 1. The number of thioether (sulfide) groups is 1. The Morgan fingerprint density at radius 1 is 1.04 bits per heavy atom. The molecule has 0 unspecified atom stereocenters. The third-order valence-corrected chi connectivity index (χ3v) is 5.07. The van der Waals surface area contributed by atoms with Gasteiger partial charge in [-0.15, -0.1) is 11.8 Å². The molecule has 6 heteroatoms. The number of hydrogen-bond acceptors (Lipinski definition) is 4. The number of nitrogens with zero attached hydrogens (tertiary/aromatic N) is 2. The van der Waals surface area contributed by atoms with Crippen molar-refractivity contribution in [2.75, 3.05) is 35.7 Å². The zero-order valence-electron chi connectivity index (χ0n) is 13.4. The van der Waals surface area contributed by atoms with Crippen LogP contribution < -0.4 is 15.5 Å².